The van der Waals surface area contributed by atoms with Crippen molar-refractivity contribution in [2.75, 3.05) is 55.4 Å². The number of aryl methyl sites for hydroxylation is 1. The highest BCUT2D eigenvalue weighted by molar-refractivity contribution is 7.94. The van der Waals surface area contributed by atoms with Crippen molar-refractivity contribution >= 4 is 98.3 Å². The number of carboxylic acids is 1. The monoisotopic (exact) mass is 1010 g/mol. The van der Waals surface area contributed by atoms with Crippen molar-refractivity contribution in [1.82, 2.24) is 24.9 Å². The van der Waals surface area contributed by atoms with Gasteiger partial charge in [-0.25, -0.2) is 9.29 Å². The molecule has 3 heterocycles. The Labute approximate surface area is 386 Å². The van der Waals surface area contributed by atoms with Crippen LogP contribution in [0.15, 0.2) is 46.6 Å². The third-order valence-electron chi connectivity index (χ3n) is 8.17. The first-order valence-electron chi connectivity index (χ1n) is 18.4. The molecule has 2 amide bonds. The van der Waals surface area contributed by atoms with Gasteiger partial charge in [0.15, 0.2) is 6.10 Å². The van der Waals surface area contributed by atoms with Gasteiger partial charge in [-0.3, -0.25) is 24.4 Å². The van der Waals surface area contributed by atoms with Crippen LogP contribution in [0.2, 0.25) is 15.1 Å². The van der Waals surface area contributed by atoms with Gasteiger partial charge in [0.2, 0.25) is 11.8 Å². The summed E-state index contributed by atoms with van der Waals surface area (Å²) in [6, 6.07) is 6.92. The van der Waals surface area contributed by atoms with E-state index in [1.54, 1.807) is 19.9 Å². The second kappa shape index (κ2) is 23.5. The molecule has 0 spiro atoms. The molecule has 1 aliphatic carbocycles. The summed E-state index contributed by atoms with van der Waals surface area (Å²) >= 11 is 18.2. The number of hydrogen-bond donors (Lipinski definition) is 4. The van der Waals surface area contributed by atoms with Crippen LogP contribution >= 0.6 is 42.4 Å². The number of carbonyl (C=O) groups excluding carboxylic acids is 2. The second-order valence-electron chi connectivity index (χ2n) is 13.7. The third kappa shape index (κ3) is 14.7. The Morgan fingerprint density at radius 1 is 1.06 bits per heavy atom. The van der Waals surface area contributed by atoms with E-state index in [9.17, 15) is 36.7 Å². The Morgan fingerprint density at radius 3 is 2.17 bits per heavy atom. The lowest BCUT2D eigenvalue weighted by atomic mass is 9.93. The van der Waals surface area contributed by atoms with Gasteiger partial charge in [-0.2, -0.15) is 22.9 Å². The van der Waals surface area contributed by atoms with Gasteiger partial charge < -0.3 is 33.7 Å². The molecule has 0 saturated heterocycles. The number of ether oxygens (including phenoxy) is 3. The number of methoxy groups -OCH3 is 2. The molecule has 2 atom stereocenters. The number of aliphatic carboxylic acids is 1. The Bertz CT molecular complexity index is 2590. The SMILES string of the molecule is C#CC(C)Oc1cc(N2C(=O)C3=C(CCCC3)C2=O)c(F)cc1Cl.COc1cc(OC)n2nc(S(=O)(=O)Nc3c(Cl)ccc(C)c3Cl)nc2n1.C[S+](C)C.O=C(O)CNCP(=O)([O-])O. The quantitative estimate of drug-likeness (QED) is 0.0640. The molecular weight excluding hydrogens is 967 g/mol. The Morgan fingerprint density at radius 2 is 1.66 bits per heavy atom. The molecular formula is C38H44Cl3FN7O12PS2. The summed E-state index contributed by atoms with van der Waals surface area (Å²) in [5, 5.41) is 13.7. The molecule has 0 radical (unpaired) electrons. The van der Waals surface area contributed by atoms with Crippen LogP contribution in [0, 0.1) is 25.1 Å². The number of rotatable bonds is 12. The maximum Gasteiger partial charge on any atom is 0.317 e. The van der Waals surface area contributed by atoms with Crippen LogP contribution in [0.4, 0.5) is 15.8 Å². The number of terminal acetylenes is 1. The van der Waals surface area contributed by atoms with E-state index < -0.39 is 65.3 Å². The van der Waals surface area contributed by atoms with E-state index in [-0.39, 0.29) is 49.7 Å². The number of carbonyl (C=O) groups is 3. The van der Waals surface area contributed by atoms with E-state index in [1.165, 1.54) is 32.4 Å². The summed E-state index contributed by atoms with van der Waals surface area (Å²) < 4.78 is 68.7. The Balaban J connectivity index is 0.000000265. The lowest BCUT2D eigenvalue weighted by Crippen LogP contribution is -2.32. The van der Waals surface area contributed by atoms with E-state index in [0.29, 0.717) is 40.4 Å². The number of halogens is 4. The smallest absolute Gasteiger partial charge is 0.317 e. The van der Waals surface area contributed by atoms with Crippen molar-refractivity contribution in [1.29, 1.82) is 0 Å². The molecule has 0 fully saturated rings. The van der Waals surface area contributed by atoms with Gasteiger partial charge in [-0.1, -0.05) is 46.8 Å². The van der Waals surface area contributed by atoms with E-state index in [1.807, 2.05) is 5.32 Å². The number of nitrogens with one attached hydrogen (secondary N) is 2. The van der Waals surface area contributed by atoms with Gasteiger partial charge in [0.1, 0.15) is 19.2 Å². The molecule has 4 aromatic rings. The molecule has 2 aromatic carbocycles. The average molecular weight is 1010 g/mol. The number of hydrogen-bond acceptors (Lipinski definition) is 14. The zero-order valence-corrected chi connectivity index (χ0v) is 40.1. The van der Waals surface area contributed by atoms with Crippen molar-refractivity contribution in [3.05, 3.63) is 67.9 Å². The van der Waals surface area contributed by atoms with Crippen LogP contribution in [0.1, 0.15) is 38.2 Å². The molecule has 348 valence electrons. The Kier molecular flexibility index (Phi) is 19.7. The van der Waals surface area contributed by atoms with Crippen LogP contribution in [-0.4, -0.2) is 108 Å². The first-order valence-corrected chi connectivity index (χ1v) is 25.2. The van der Waals surface area contributed by atoms with Gasteiger partial charge in [0, 0.05) is 17.2 Å². The van der Waals surface area contributed by atoms with Crippen LogP contribution in [0.5, 0.6) is 17.5 Å². The maximum atomic E-state index is 14.4. The zero-order valence-electron chi connectivity index (χ0n) is 35.3. The molecule has 0 bridgehead atoms. The number of imide groups is 1. The minimum Gasteiger partial charge on any atom is -0.778 e. The first kappa shape index (κ1) is 53.6. The minimum absolute atomic E-state index is 0.0111. The number of fused-ring (bicyclic) bond motifs is 1. The summed E-state index contributed by atoms with van der Waals surface area (Å²) in [7, 11) is -5.08. The predicted octanol–water partition coefficient (Wildman–Crippen LogP) is 4.84. The number of nitrogens with zero attached hydrogens (tertiary/aromatic N) is 5. The van der Waals surface area contributed by atoms with Crippen molar-refractivity contribution in [2.24, 2.45) is 0 Å². The molecule has 64 heavy (non-hydrogen) atoms. The van der Waals surface area contributed by atoms with Crippen molar-refractivity contribution in [2.45, 2.75) is 50.8 Å². The fraction of sp³-hybridized carbons (Fsp3) is 0.368. The van der Waals surface area contributed by atoms with Crippen molar-refractivity contribution in [3.63, 3.8) is 0 Å². The van der Waals surface area contributed by atoms with Crippen molar-refractivity contribution < 1.29 is 60.9 Å². The van der Waals surface area contributed by atoms with Gasteiger partial charge in [0.05, 0.1) is 78.3 Å². The molecule has 26 heteroatoms. The van der Waals surface area contributed by atoms with E-state index >= 15 is 0 Å². The second-order valence-corrected chi connectivity index (χ2v) is 20.5. The van der Waals surface area contributed by atoms with E-state index in [4.69, 9.17) is 65.4 Å². The standard InChI is InChI=1S/C18H15ClFNO3.C14H13Cl2N5O4S.C3H8NO5P.C3H9S/c1-3-10(2)24-16-9-15(14(20)8-13(16)19)21-17(22)11-6-4-5-7-12(11)18(21)23;1-7-4-5-8(15)12(11(7)16)20-26(22,23)14-18-13-17-9(24-2)6-10(25-3)21(13)19-14;5-3(6)1-4-2-10(7,8)9;1-4(2)3/h1,8-10H,4-7H2,2H3;4-6,20H,1-3H3;4H,1-2H2,(H,5,6)(H2,7,8,9);1-3H3/q;;;+1/p-1. The summed E-state index contributed by atoms with van der Waals surface area (Å²) in [4.78, 5) is 61.7. The van der Waals surface area contributed by atoms with Crippen LogP contribution in [-0.2, 0) is 39.9 Å². The van der Waals surface area contributed by atoms with Gasteiger partial charge >= 0.3 is 5.97 Å². The number of aromatic nitrogens is 4. The van der Waals surface area contributed by atoms with E-state index in [2.05, 4.69) is 44.5 Å². The molecule has 2 aromatic heterocycles. The van der Waals surface area contributed by atoms with Gasteiger partial charge in [-0.05, 0) is 68.1 Å². The maximum absolute atomic E-state index is 14.4. The molecule has 4 N–H and O–H groups in total. The predicted molar refractivity (Wildman–Crippen MR) is 240 cm³/mol. The lowest BCUT2D eigenvalue weighted by Gasteiger charge is -2.19. The number of benzene rings is 2. The zero-order chi connectivity index (χ0) is 48.3. The van der Waals surface area contributed by atoms with E-state index in [0.717, 1.165) is 28.3 Å². The highest BCUT2D eigenvalue weighted by atomic mass is 35.5. The number of carboxylic acid groups (broad SMARTS) is 1. The molecule has 0 saturated carbocycles. The Hall–Kier alpha value is -4.69. The molecule has 2 aliphatic rings. The van der Waals surface area contributed by atoms with Crippen LogP contribution in [0.25, 0.3) is 5.78 Å². The fourth-order valence-electron chi connectivity index (χ4n) is 5.36. The highest BCUT2D eigenvalue weighted by Crippen LogP contribution is 2.40. The number of sulfonamides is 1. The molecule has 19 nitrogen and oxygen atoms in total. The summed E-state index contributed by atoms with van der Waals surface area (Å²) in [6.07, 6.45) is 13.3. The highest BCUT2D eigenvalue weighted by Gasteiger charge is 2.41. The van der Waals surface area contributed by atoms with Crippen molar-refractivity contribution in [3.8, 4) is 29.9 Å². The van der Waals surface area contributed by atoms with Crippen LogP contribution in [0.3, 0.4) is 0 Å². The molecule has 2 unspecified atom stereocenters. The summed E-state index contributed by atoms with van der Waals surface area (Å²) in [5.74, 6) is 0.0224. The number of amides is 2. The fourth-order valence-corrected chi connectivity index (χ4v) is 7.49. The number of anilines is 2. The minimum atomic E-state index is -4.35. The molecule has 6 rings (SSSR count). The normalized spacial score (nSPS) is 14.7. The largest absolute Gasteiger partial charge is 0.778 e. The average Bonchev–Trinajstić information content (AvgIpc) is 3.77. The van der Waals surface area contributed by atoms with Gasteiger partial charge in [-0.15, -0.1) is 11.5 Å². The van der Waals surface area contributed by atoms with Gasteiger partial charge in [0.25, 0.3) is 32.8 Å². The first-order chi connectivity index (χ1) is 29.8. The topological polar surface area (TPSA) is 264 Å². The third-order valence-corrected chi connectivity index (χ3v) is 11.0. The summed E-state index contributed by atoms with van der Waals surface area (Å²) in [6.45, 7) is 2.87. The lowest BCUT2D eigenvalue weighted by molar-refractivity contribution is -0.193. The van der Waals surface area contributed by atoms with Crippen LogP contribution < -0.4 is 34.0 Å². The molecule has 1 aliphatic heterocycles. The summed E-state index contributed by atoms with van der Waals surface area (Å²) in [5.41, 5.74) is 1.51.